The van der Waals surface area contributed by atoms with Crippen molar-refractivity contribution in [3.05, 3.63) is 12.7 Å². The molecule has 1 heterocycles. The van der Waals surface area contributed by atoms with Crippen molar-refractivity contribution in [3.8, 4) is 0 Å². The standard InChI is InChI=1S/C6H12N2O2S/c1-3-4-8-6-5-7(2)11(8,9)10/h3H,1,4-6H2,2H3. The van der Waals surface area contributed by atoms with Crippen molar-refractivity contribution in [1.29, 1.82) is 0 Å². The molecule has 0 radical (unpaired) electrons. The second kappa shape index (κ2) is 2.92. The highest BCUT2D eigenvalue weighted by molar-refractivity contribution is 7.87. The molecule has 0 aromatic carbocycles. The number of hydrogen-bond acceptors (Lipinski definition) is 2. The third-order valence-electron chi connectivity index (χ3n) is 1.72. The van der Waals surface area contributed by atoms with Gasteiger partial charge in [-0.1, -0.05) is 6.08 Å². The van der Waals surface area contributed by atoms with Gasteiger partial charge in [-0.3, -0.25) is 0 Å². The summed E-state index contributed by atoms with van der Waals surface area (Å²) in [4.78, 5) is 0. The molecule has 0 atom stereocenters. The van der Waals surface area contributed by atoms with Gasteiger partial charge in [0.25, 0.3) is 10.2 Å². The van der Waals surface area contributed by atoms with Crippen LogP contribution in [0.1, 0.15) is 0 Å². The van der Waals surface area contributed by atoms with Gasteiger partial charge in [0.15, 0.2) is 0 Å². The van der Waals surface area contributed by atoms with E-state index < -0.39 is 10.2 Å². The van der Waals surface area contributed by atoms with E-state index in [0.29, 0.717) is 19.6 Å². The maximum absolute atomic E-state index is 11.3. The Morgan fingerprint density at radius 3 is 2.55 bits per heavy atom. The number of likely N-dealkylation sites (N-methyl/N-ethyl adjacent to an activating group) is 1. The van der Waals surface area contributed by atoms with Gasteiger partial charge in [-0.2, -0.15) is 17.0 Å². The lowest BCUT2D eigenvalue weighted by molar-refractivity contribution is 0.478. The molecule has 1 aliphatic heterocycles. The molecule has 0 aliphatic carbocycles. The highest BCUT2D eigenvalue weighted by Gasteiger charge is 2.32. The van der Waals surface area contributed by atoms with Gasteiger partial charge in [0.05, 0.1) is 0 Å². The lowest BCUT2D eigenvalue weighted by Crippen LogP contribution is -2.30. The van der Waals surface area contributed by atoms with E-state index in [1.165, 1.54) is 8.61 Å². The molecule has 64 valence electrons. The van der Waals surface area contributed by atoms with Gasteiger partial charge in [-0.15, -0.1) is 6.58 Å². The van der Waals surface area contributed by atoms with E-state index >= 15 is 0 Å². The Labute approximate surface area is 67.3 Å². The quantitative estimate of drug-likeness (QED) is 0.540. The fourth-order valence-electron chi connectivity index (χ4n) is 1.01. The fraction of sp³-hybridized carbons (Fsp3) is 0.667. The van der Waals surface area contributed by atoms with Crippen molar-refractivity contribution in [2.75, 3.05) is 26.7 Å². The van der Waals surface area contributed by atoms with E-state index in [1.807, 2.05) is 0 Å². The van der Waals surface area contributed by atoms with E-state index in [2.05, 4.69) is 6.58 Å². The first-order valence-electron chi connectivity index (χ1n) is 3.41. The van der Waals surface area contributed by atoms with Crippen LogP contribution in [-0.2, 0) is 10.2 Å². The predicted molar refractivity (Wildman–Crippen MR) is 43.3 cm³/mol. The van der Waals surface area contributed by atoms with Crippen LogP contribution < -0.4 is 0 Å². The molecular weight excluding hydrogens is 164 g/mol. The molecule has 1 saturated heterocycles. The average Bonchev–Trinajstić information content (AvgIpc) is 2.16. The molecule has 0 bridgehead atoms. The van der Waals surface area contributed by atoms with E-state index in [4.69, 9.17) is 0 Å². The summed E-state index contributed by atoms with van der Waals surface area (Å²) >= 11 is 0. The average molecular weight is 176 g/mol. The third kappa shape index (κ3) is 1.45. The first-order valence-corrected chi connectivity index (χ1v) is 4.81. The summed E-state index contributed by atoms with van der Waals surface area (Å²) in [5.74, 6) is 0. The van der Waals surface area contributed by atoms with E-state index in [9.17, 15) is 8.42 Å². The van der Waals surface area contributed by atoms with Gasteiger partial charge in [0.1, 0.15) is 0 Å². The van der Waals surface area contributed by atoms with Crippen molar-refractivity contribution in [2.24, 2.45) is 0 Å². The Morgan fingerprint density at radius 1 is 1.55 bits per heavy atom. The minimum Gasteiger partial charge on any atom is -0.195 e. The lowest BCUT2D eigenvalue weighted by Gasteiger charge is -2.12. The SMILES string of the molecule is C=CCN1CCN(C)S1(=O)=O. The van der Waals surface area contributed by atoms with Crippen molar-refractivity contribution >= 4 is 10.2 Å². The summed E-state index contributed by atoms with van der Waals surface area (Å²) in [6.07, 6.45) is 1.59. The number of rotatable bonds is 2. The molecule has 0 spiro atoms. The van der Waals surface area contributed by atoms with Gasteiger partial charge in [0.2, 0.25) is 0 Å². The van der Waals surface area contributed by atoms with Crippen LogP contribution in [0.15, 0.2) is 12.7 Å². The Morgan fingerprint density at radius 2 is 2.18 bits per heavy atom. The second-order valence-corrected chi connectivity index (χ2v) is 4.51. The molecule has 0 unspecified atom stereocenters. The molecule has 0 aromatic heterocycles. The van der Waals surface area contributed by atoms with Crippen molar-refractivity contribution < 1.29 is 8.42 Å². The highest BCUT2D eigenvalue weighted by atomic mass is 32.2. The van der Waals surface area contributed by atoms with Crippen molar-refractivity contribution in [2.45, 2.75) is 0 Å². The molecule has 5 heteroatoms. The largest absolute Gasteiger partial charge is 0.282 e. The predicted octanol–water partition coefficient (Wildman–Crippen LogP) is -0.335. The minimum atomic E-state index is -3.13. The van der Waals surface area contributed by atoms with Gasteiger partial charge in [-0.05, 0) is 0 Å². The summed E-state index contributed by atoms with van der Waals surface area (Å²) in [7, 11) is -1.55. The van der Waals surface area contributed by atoms with Crippen LogP contribution >= 0.6 is 0 Å². The van der Waals surface area contributed by atoms with Crippen LogP contribution in [0.5, 0.6) is 0 Å². The molecule has 0 amide bonds. The smallest absolute Gasteiger partial charge is 0.195 e. The first kappa shape index (κ1) is 8.70. The van der Waals surface area contributed by atoms with Crippen molar-refractivity contribution in [1.82, 2.24) is 8.61 Å². The Kier molecular flexibility index (Phi) is 2.31. The number of nitrogens with zero attached hydrogens (tertiary/aromatic N) is 2. The molecule has 0 aromatic rings. The van der Waals surface area contributed by atoms with Gasteiger partial charge in [0, 0.05) is 26.7 Å². The van der Waals surface area contributed by atoms with Crippen LogP contribution in [0.25, 0.3) is 0 Å². The molecule has 0 saturated carbocycles. The molecule has 11 heavy (non-hydrogen) atoms. The summed E-state index contributed by atoms with van der Waals surface area (Å²) in [5.41, 5.74) is 0. The zero-order valence-corrected chi connectivity index (χ0v) is 7.34. The van der Waals surface area contributed by atoms with Crippen LogP contribution in [0.4, 0.5) is 0 Å². The van der Waals surface area contributed by atoms with Crippen LogP contribution in [-0.4, -0.2) is 43.7 Å². The Hall–Kier alpha value is -0.390. The van der Waals surface area contributed by atoms with E-state index in [-0.39, 0.29) is 0 Å². The molecule has 0 N–H and O–H groups in total. The molecule has 1 fully saturated rings. The third-order valence-corrected chi connectivity index (χ3v) is 3.67. The lowest BCUT2D eigenvalue weighted by atomic mass is 10.5. The van der Waals surface area contributed by atoms with E-state index in [0.717, 1.165) is 0 Å². The topological polar surface area (TPSA) is 40.6 Å². The van der Waals surface area contributed by atoms with Gasteiger partial charge >= 0.3 is 0 Å². The zero-order valence-electron chi connectivity index (χ0n) is 6.52. The zero-order chi connectivity index (χ0) is 8.48. The second-order valence-electron chi connectivity index (χ2n) is 2.48. The monoisotopic (exact) mass is 176 g/mol. The Bertz CT molecular complexity index is 247. The first-order chi connectivity index (χ1) is 5.09. The molecular formula is C6H12N2O2S. The highest BCUT2D eigenvalue weighted by Crippen LogP contribution is 2.12. The van der Waals surface area contributed by atoms with Crippen molar-refractivity contribution in [3.63, 3.8) is 0 Å². The van der Waals surface area contributed by atoms with Gasteiger partial charge < -0.3 is 0 Å². The maximum Gasteiger partial charge on any atom is 0.282 e. The molecule has 1 aliphatic rings. The normalized spacial score (nSPS) is 25.5. The fourth-order valence-corrected chi connectivity index (χ4v) is 2.32. The van der Waals surface area contributed by atoms with Gasteiger partial charge in [-0.25, -0.2) is 0 Å². The van der Waals surface area contributed by atoms with Crippen LogP contribution in [0.2, 0.25) is 0 Å². The maximum atomic E-state index is 11.3. The van der Waals surface area contributed by atoms with Crippen LogP contribution in [0.3, 0.4) is 0 Å². The summed E-state index contributed by atoms with van der Waals surface area (Å²) in [5, 5.41) is 0. The molecule has 1 rings (SSSR count). The summed E-state index contributed by atoms with van der Waals surface area (Å²) < 4.78 is 25.3. The van der Waals surface area contributed by atoms with E-state index in [1.54, 1.807) is 13.1 Å². The minimum absolute atomic E-state index is 0.409. The summed E-state index contributed by atoms with van der Waals surface area (Å²) in [6, 6.07) is 0. The molecule has 4 nitrogen and oxygen atoms in total. The summed E-state index contributed by atoms with van der Waals surface area (Å²) in [6.45, 7) is 5.05. The number of hydrogen-bond donors (Lipinski definition) is 0. The van der Waals surface area contributed by atoms with Crippen LogP contribution in [0, 0.1) is 0 Å². The Balaban J connectivity index is 2.79.